The van der Waals surface area contributed by atoms with Gasteiger partial charge in [0.2, 0.25) is 0 Å². The highest BCUT2D eigenvalue weighted by atomic mass is 16.8. The van der Waals surface area contributed by atoms with Crippen LogP contribution in [0.4, 0.5) is 0 Å². The van der Waals surface area contributed by atoms with E-state index in [2.05, 4.69) is 5.23 Å². The fourth-order valence-corrected chi connectivity index (χ4v) is 5.05. The van der Waals surface area contributed by atoms with Crippen LogP contribution in [0, 0.1) is 11.8 Å². The average molecular weight is 416 g/mol. The molecule has 0 spiro atoms. The topological polar surface area (TPSA) is 136 Å². The van der Waals surface area contributed by atoms with Crippen molar-refractivity contribution < 1.29 is 34.2 Å². The minimum atomic E-state index is -0.595. The van der Waals surface area contributed by atoms with Crippen LogP contribution in [0.3, 0.4) is 0 Å². The lowest BCUT2D eigenvalue weighted by Crippen LogP contribution is -2.46. The quantitative estimate of drug-likeness (QED) is 0.382. The molecule has 29 heavy (non-hydrogen) atoms. The van der Waals surface area contributed by atoms with Gasteiger partial charge in [-0.3, -0.25) is 0 Å². The molecule has 6 N–H and O–H groups in total. The molecule has 0 radical (unpaired) electrons. The van der Waals surface area contributed by atoms with Crippen LogP contribution in [0.2, 0.25) is 6.82 Å². The monoisotopic (exact) mass is 416 g/mol. The summed E-state index contributed by atoms with van der Waals surface area (Å²) >= 11 is 0. The molecule has 168 valence electrons. The Balaban J connectivity index is 0.000000169. The highest BCUT2D eigenvalue weighted by Gasteiger charge is 2.54. The van der Waals surface area contributed by atoms with Gasteiger partial charge in [-0.1, -0.05) is 0 Å². The van der Waals surface area contributed by atoms with E-state index in [1.54, 1.807) is 6.82 Å². The molecular weight excluding hydrogens is 379 g/mol. The van der Waals surface area contributed by atoms with Crippen LogP contribution in [0.15, 0.2) is 0 Å². The van der Waals surface area contributed by atoms with Crippen LogP contribution in [0.5, 0.6) is 0 Å². The lowest BCUT2D eigenvalue weighted by Gasteiger charge is -2.23. The summed E-state index contributed by atoms with van der Waals surface area (Å²) in [5, 5.41) is 30.8. The van der Waals surface area contributed by atoms with Crippen LogP contribution < -0.4 is 11.0 Å². The fraction of sp³-hybridized carbons (Fsp3) is 1.00. The zero-order chi connectivity index (χ0) is 21.6. The SMILES string of the molecule is CB(O)NC1C[C@H](CO)C2OC(C)(C)OC12.CC1(C)O[C@@H]2[C@@H](CO)C[C@@H](N)[C@@H]2O1. The molecule has 0 aromatic rings. The summed E-state index contributed by atoms with van der Waals surface area (Å²) in [4.78, 5) is 0. The van der Waals surface area contributed by atoms with Crippen LogP contribution in [0.25, 0.3) is 0 Å². The molecule has 2 saturated carbocycles. The third-order valence-corrected chi connectivity index (χ3v) is 6.13. The fourth-order valence-electron chi connectivity index (χ4n) is 5.05. The first-order valence-corrected chi connectivity index (χ1v) is 10.6. The van der Waals surface area contributed by atoms with Gasteiger partial charge < -0.3 is 45.1 Å². The number of aliphatic hydroxyl groups excluding tert-OH is 2. The lowest BCUT2D eigenvalue weighted by molar-refractivity contribution is -0.160. The molecule has 10 heteroatoms. The Morgan fingerprint density at radius 3 is 1.83 bits per heavy atom. The molecule has 8 atom stereocenters. The molecular formula is C19H37BN2O7. The highest BCUT2D eigenvalue weighted by Crippen LogP contribution is 2.42. The number of ether oxygens (including phenoxy) is 4. The van der Waals surface area contributed by atoms with Crippen LogP contribution in [-0.4, -0.2) is 83.6 Å². The average Bonchev–Trinajstić information content (AvgIpc) is 3.27. The predicted molar refractivity (Wildman–Crippen MR) is 107 cm³/mol. The Morgan fingerprint density at radius 2 is 1.31 bits per heavy atom. The third kappa shape index (κ3) is 5.14. The number of fused-ring (bicyclic) bond motifs is 2. The summed E-state index contributed by atoms with van der Waals surface area (Å²) < 4.78 is 22.9. The van der Waals surface area contributed by atoms with Crippen LogP contribution in [0.1, 0.15) is 40.5 Å². The maximum Gasteiger partial charge on any atom is 0.373 e. The molecule has 4 rings (SSSR count). The molecule has 2 aliphatic carbocycles. The van der Waals surface area contributed by atoms with Gasteiger partial charge >= 0.3 is 7.05 Å². The molecule has 4 aliphatic rings. The van der Waals surface area contributed by atoms with Crippen molar-refractivity contribution in [3.05, 3.63) is 0 Å². The Morgan fingerprint density at radius 1 is 0.862 bits per heavy atom. The van der Waals surface area contributed by atoms with Gasteiger partial charge in [0.15, 0.2) is 11.6 Å². The standard InChI is InChI=1S/C10H20BNO4.C9H17NO3/c1-10(2)15-8-6(5-13)4-7(9(8)16-10)12-11(3)14;1-9(2)12-7-5(4-11)3-6(10)8(7)13-9/h6-9,12-14H,4-5H2,1-3H3;5-8,11H,3-4,10H2,1-2H3/t6-,7?,8?,9?;5-,6-,7-,8+/m11/s1. The van der Waals surface area contributed by atoms with Crippen molar-refractivity contribution in [2.45, 2.75) is 95.4 Å². The Hall–Kier alpha value is -0.295. The molecule has 0 aromatic carbocycles. The van der Waals surface area contributed by atoms with Crippen molar-refractivity contribution in [1.82, 2.24) is 5.23 Å². The van der Waals surface area contributed by atoms with E-state index in [-0.39, 0.29) is 61.5 Å². The molecule has 0 bridgehead atoms. The molecule has 0 aromatic heterocycles. The van der Waals surface area contributed by atoms with Crippen molar-refractivity contribution in [3.63, 3.8) is 0 Å². The van der Waals surface area contributed by atoms with Gasteiger partial charge in [-0.2, -0.15) is 0 Å². The molecule has 2 aliphatic heterocycles. The van der Waals surface area contributed by atoms with E-state index < -0.39 is 18.6 Å². The smallest absolute Gasteiger partial charge is 0.373 e. The van der Waals surface area contributed by atoms with E-state index in [0.717, 1.165) is 12.8 Å². The van der Waals surface area contributed by atoms with Crippen LogP contribution >= 0.6 is 0 Å². The number of hydrogen-bond acceptors (Lipinski definition) is 9. The number of hydrogen-bond donors (Lipinski definition) is 5. The largest absolute Gasteiger partial charge is 0.437 e. The first kappa shape index (κ1) is 23.4. The molecule has 0 amide bonds. The zero-order valence-corrected chi connectivity index (χ0v) is 18.1. The van der Waals surface area contributed by atoms with E-state index in [1.807, 2.05) is 27.7 Å². The minimum Gasteiger partial charge on any atom is -0.437 e. The summed E-state index contributed by atoms with van der Waals surface area (Å²) in [6.45, 7) is 9.42. The summed E-state index contributed by atoms with van der Waals surface area (Å²) in [6, 6.07) is 0.0489. The van der Waals surface area contributed by atoms with Crippen LogP contribution in [-0.2, 0) is 18.9 Å². The van der Waals surface area contributed by atoms with Crippen molar-refractivity contribution in [2.24, 2.45) is 17.6 Å². The minimum absolute atomic E-state index is 0.00363. The van der Waals surface area contributed by atoms with E-state index in [9.17, 15) is 10.1 Å². The van der Waals surface area contributed by atoms with Gasteiger partial charge in [0.1, 0.15) is 12.2 Å². The van der Waals surface area contributed by atoms with Gasteiger partial charge in [0.25, 0.3) is 0 Å². The van der Waals surface area contributed by atoms with Gasteiger partial charge in [-0.25, -0.2) is 0 Å². The Kier molecular flexibility index (Phi) is 7.00. The number of nitrogens with one attached hydrogen (secondary N) is 1. The van der Waals surface area contributed by atoms with Crippen molar-refractivity contribution in [1.29, 1.82) is 0 Å². The number of rotatable bonds is 4. The maximum absolute atomic E-state index is 9.35. The summed E-state index contributed by atoms with van der Waals surface area (Å²) in [7, 11) is -0.574. The zero-order valence-electron chi connectivity index (χ0n) is 18.1. The Bertz CT molecular complexity index is 565. The summed E-state index contributed by atoms with van der Waals surface area (Å²) in [5.74, 6) is -0.910. The molecule has 2 saturated heterocycles. The number of nitrogens with two attached hydrogens (primary N) is 1. The summed E-state index contributed by atoms with van der Waals surface area (Å²) in [5.41, 5.74) is 5.89. The normalized spacial score (nSPS) is 44.2. The lowest BCUT2D eigenvalue weighted by atomic mass is 9.86. The van der Waals surface area contributed by atoms with Gasteiger partial charge in [-0.15, -0.1) is 0 Å². The van der Waals surface area contributed by atoms with E-state index in [0.29, 0.717) is 0 Å². The van der Waals surface area contributed by atoms with Crippen molar-refractivity contribution in [3.8, 4) is 0 Å². The van der Waals surface area contributed by atoms with Gasteiger partial charge in [0, 0.05) is 37.1 Å². The molecule has 9 nitrogen and oxygen atoms in total. The maximum atomic E-state index is 9.35. The van der Waals surface area contributed by atoms with Crippen molar-refractivity contribution >= 4 is 7.05 Å². The summed E-state index contributed by atoms with van der Waals surface area (Å²) in [6.07, 6.45) is 1.36. The molecule has 3 unspecified atom stereocenters. The second-order valence-electron chi connectivity index (χ2n) is 9.60. The van der Waals surface area contributed by atoms with Gasteiger partial charge in [0.05, 0.1) is 12.2 Å². The second kappa shape index (κ2) is 8.68. The molecule has 2 heterocycles. The first-order chi connectivity index (χ1) is 13.5. The molecule has 4 fully saturated rings. The van der Waals surface area contributed by atoms with E-state index in [4.69, 9.17) is 29.8 Å². The third-order valence-electron chi connectivity index (χ3n) is 6.13. The highest BCUT2D eigenvalue weighted by molar-refractivity contribution is 6.45. The predicted octanol–water partition coefficient (Wildman–Crippen LogP) is -0.567. The second-order valence-corrected chi connectivity index (χ2v) is 9.60. The first-order valence-electron chi connectivity index (χ1n) is 10.6. The van der Waals surface area contributed by atoms with E-state index in [1.165, 1.54) is 0 Å². The Labute approximate surface area is 173 Å². The van der Waals surface area contributed by atoms with Crippen molar-refractivity contribution in [2.75, 3.05) is 13.2 Å². The van der Waals surface area contributed by atoms with E-state index >= 15 is 0 Å². The van der Waals surface area contributed by atoms with Gasteiger partial charge in [-0.05, 0) is 47.4 Å². The number of aliphatic hydroxyl groups is 2.